The van der Waals surface area contributed by atoms with Crippen LogP contribution in [0.15, 0.2) is 53.6 Å². The van der Waals surface area contributed by atoms with Crippen LogP contribution < -0.4 is 20.8 Å². The number of amides is 3. The third-order valence-corrected chi connectivity index (χ3v) is 3.63. The van der Waals surface area contributed by atoms with E-state index in [0.717, 1.165) is 0 Å². The fraction of sp³-hybridized carbons (Fsp3) is 0.238. The predicted octanol–water partition coefficient (Wildman–Crippen LogP) is 2.07. The van der Waals surface area contributed by atoms with E-state index in [4.69, 9.17) is 4.74 Å². The molecule has 0 aliphatic heterocycles. The van der Waals surface area contributed by atoms with Crippen LogP contribution in [-0.2, 0) is 14.4 Å². The summed E-state index contributed by atoms with van der Waals surface area (Å²) in [5.74, 6) is -1.67. The van der Waals surface area contributed by atoms with Crippen molar-refractivity contribution in [1.29, 1.82) is 0 Å². The van der Waals surface area contributed by atoms with E-state index in [9.17, 15) is 18.8 Å². The van der Waals surface area contributed by atoms with E-state index in [0.29, 0.717) is 23.5 Å². The summed E-state index contributed by atoms with van der Waals surface area (Å²) in [6.45, 7) is 4.02. The molecule has 8 nitrogen and oxygen atoms in total. The summed E-state index contributed by atoms with van der Waals surface area (Å²) in [6, 6.07) is 12.0. The lowest BCUT2D eigenvalue weighted by atomic mass is 10.2. The molecular formula is C21H23FN4O4. The SMILES string of the molecule is CC(C)CNC(=O)C(=O)N/N=C\c1ccc(OCC(=O)Nc2ccc(F)cc2)cc1. The molecule has 0 unspecified atom stereocenters. The molecule has 158 valence electrons. The van der Waals surface area contributed by atoms with Gasteiger partial charge in [0.05, 0.1) is 6.21 Å². The second-order valence-corrected chi connectivity index (χ2v) is 6.72. The first kappa shape index (κ1) is 22.5. The molecule has 3 amide bonds. The molecule has 0 saturated heterocycles. The van der Waals surface area contributed by atoms with E-state index in [-0.39, 0.29) is 24.2 Å². The first-order chi connectivity index (χ1) is 14.3. The zero-order chi connectivity index (χ0) is 21.9. The summed E-state index contributed by atoms with van der Waals surface area (Å²) in [6.07, 6.45) is 1.37. The predicted molar refractivity (Wildman–Crippen MR) is 111 cm³/mol. The summed E-state index contributed by atoms with van der Waals surface area (Å²) in [4.78, 5) is 35.0. The van der Waals surface area contributed by atoms with Crippen molar-refractivity contribution in [3.8, 4) is 5.75 Å². The maximum atomic E-state index is 12.9. The van der Waals surface area contributed by atoms with Crippen LogP contribution in [0, 0.1) is 11.7 Å². The quantitative estimate of drug-likeness (QED) is 0.349. The Labute approximate surface area is 173 Å². The van der Waals surface area contributed by atoms with Gasteiger partial charge in [-0.15, -0.1) is 0 Å². The third kappa shape index (κ3) is 8.09. The highest BCUT2D eigenvalue weighted by molar-refractivity contribution is 6.35. The molecule has 0 fully saturated rings. The van der Waals surface area contributed by atoms with Gasteiger partial charge >= 0.3 is 11.8 Å². The van der Waals surface area contributed by atoms with Gasteiger partial charge in [-0.05, 0) is 60.0 Å². The molecule has 30 heavy (non-hydrogen) atoms. The molecule has 0 atom stereocenters. The van der Waals surface area contributed by atoms with Gasteiger partial charge < -0.3 is 15.4 Å². The van der Waals surface area contributed by atoms with Gasteiger partial charge in [0.25, 0.3) is 5.91 Å². The number of hydrazone groups is 1. The Kier molecular flexibility index (Phi) is 8.49. The number of anilines is 1. The molecule has 0 aliphatic carbocycles. The molecule has 3 N–H and O–H groups in total. The molecule has 2 rings (SSSR count). The summed E-state index contributed by atoms with van der Waals surface area (Å²) >= 11 is 0. The fourth-order valence-electron chi connectivity index (χ4n) is 2.12. The molecule has 0 aromatic heterocycles. The van der Waals surface area contributed by atoms with E-state index >= 15 is 0 Å². The lowest BCUT2D eigenvalue weighted by molar-refractivity contribution is -0.139. The number of benzene rings is 2. The number of nitrogens with one attached hydrogen (secondary N) is 3. The molecule has 2 aromatic rings. The zero-order valence-corrected chi connectivity index (χ0v) is 16.6. The van der Waals surface area contributed by atoms with Gasteiger partial charge in [0.2, 0.25) is 0 Å². The lowest BCUT2D eigenvalue weighted by Crippen LogP contribution is -2.39. The minimum atomic E-state index is -0.848. The average Bonchev–Trinajstić information content (AvgIpc) is 2.73. The van der Waals surface area contributed by atoms with Gasteiger partial charge in [0.15, 0.2) is 6.61 Å². The van der Waals surface area contributed by atoms with Gasteiger partial charge in [-0.2, -0.15) is 5.10 Å². The number of ether oxygens (including phenoxy) is 1. The molecule has 9 heteroatoms. The normalized spacial score (nSPS) is 10.7. The van der Waals surface area contributed by atoms with Gasteiger partial charge in [-0.3, -0.25) is 14.4 Å². The van der Waals surface area contributed by atoms with E-state index in [1.807, 2.05) is 13.8 Å². The number of hydrogen-bond donors (Lipinski definition) is 3. The fourth-order valence-corrected chi connectivity index (χ4v) is 2.12. The standard InChI is InChI=1S/C21H23FN4O4/c1-14(2)11-23-20(28)21(29)26-24-12-15-3-9-18(10-4-15)30-13-19(27)25-17-7-5-16(22)6-8-17/h3-10,12,14H,11,13H2,1-2H3,(H,23,28)(H,25,27)(H,26,29)/b24-12-. The van der Waals surface area contributed by atoms with Crippen LogP contribution in [0.3, 0.4) is 0 Å². The molecule has 0 bridgehead atoms. The highest BCUT2D eigenvalue weighted by atomic mass is 19.1. The van der Waals surface area contributed by atoms with Crippen molar-refractivity contribution >= 4 is 29.6 Å². The Morgan fingerprint density at radius 3 is 2.33 bits per heavy atom. The van der Waals surface area contributed by atoms with Crippen LogP contribution in [-0.4, -0.2) is 37.1 Å². The molecule has 0 aliphatic rings. The Balaban J connectivity index is 1.75. The van der Waals surface area contributed by atoms with Crippen LogP contribution in [0.2, 0.25) is 0 Å². The second-order valence-electron chi connectivity index (χ2n) is 6.72. The molecular weight excluding hydrogens is 391 g/mol. The van der Waals surface area contributed by atoms with Crippen molar-refractivity contribution < 1.29 is 23.5 Å². The van der Waals surface area contributed by atoms with Crippen molar-refractivity contribution in [2.75, 3.05) is 18.5 Å². The van der Waals surface area contributed by atoms with Crippen molar-refractivity contribution in [3.63, 3.8) is 0 Å². The molecule has 0 heterocycles. The number of carbonyl (C=O) groups is 3. The van der Waals surface area contributed by atoms with Crippen LogP contribution in [0.5, 0.6) is 5.75 Å². The monoisotopic (exact) mass is 414 g/mol. The first-order valence-corrected chi connectivity index (χ1v) is 9.23. The Bertz CT molecular complexity index is 896. The molecule has 2 aromatic carbocycles. The van der Waals surface area contributed by atoms with Crippen molar-refractivity contribution in [2.45, 2.75) is 13.8 Å². The maximum absolute atomic E-state index is 12.9. The van der Waals surface area contributed by atoms with Crippen molar-refractivity contribution in [3.05, 3.63) is 59.9 Å². The van der Waals surface area contributed by atoms with Crippen LogP contribution in [0.25, 0.3) is 0 Å². The first-order valence-electron chi connectivity index (χ1n) is 9.23. The highest BCUT2D eigenvalue weighted by Gasteiger charge is 2.12. The van der Waals surface area contributed by atoms with E-state index < -0.39 is 11.8 Å². The average molecular weight is 414 g/mol. The number of carbonyl (C=O) groups excluding carboxylic acids is 3. The topological polar surface area (TPSA) is 109 Å². The third-order valence-electron chi connectivity index (χ3n) is 3.63. The number of halogens is 1. The molecule has 0 saturated carbocycles. The van der Waals surface area contributed by atoms with E-state index in [1.54, 1.807) is 24.3 Å². The van der Waals surface area contributed by atoms with E-state index in [2.05, 4.69) is 21.2 Å². The van der Waals surface area contributed by atoms with Gasteiger partial charge in [0, 0.05) is 12.2 Å². The van der Waals surface area contributed by atoms with Crippen LogP contribution in [0.1, 0.15) is 19.4 Å². The number of nitrogens with zero attached hydrogens (tertiary/aromatic N) is 1. The zero-order valence-electron chi connectivity index (χ0n) is 16.6. The Morgan fingerprint density at radius 1 is 1.03 bits per heavy atom. The number of rotatable bonds is 8. The van der Waals surface area contributed by atoms with Crippen molar-refractivity contribution in [2.24, 2.45) is 11.0 Å². The van der Waals surface area contributed by atoms with Gasteiger partial charge in [0.1, 0.15) is 11.6 Å². The van der Waals surface area contributed by atoms with Crippen molar-refractivity contribution in [1.82, 2.24) is 10.7 Å². The van der Waals surface area contributed by atoms with Crippen LogP contribution in [0.4, 0.5) is 10.1 Å². The summed E-state index contributed by atoms with van der Waals surface area (Å²) in [7, 11) is 0. The smallest absolute Gasteiger partial charge is 0.329 e. The molecule has 0 radical (unpaired) electrons. The summed E-state index contributed by atoms with van der Waals surface area (Å²) in [5, 5.41) is 8.81. The summed E-state index contributed by atoms with van der Waals surface area (Å²) < 4.78 is 18.2. The van der Waals surface area contributed by atoms with Crippen LogP contribution >= 0.6 is 0 Å². The number of hydrogen-bond acceptors (Lipinski definition) is 5. The molecule has 0 spiro atoms. The minimum absolute atomic E-state index is 0.216. The second kappa shape index (κ2) is 11.3. The highest BCUT2D eigenvalue weighted by Crippen LogP contribution is 2.12. The van der Waals surface area contributed by atoms with E-state index in [1.165, 1.54) is 30.5 Å². The largest absolute Gasteiger partial charge is 0.484 e. The van der Waals surface area contributed by atoms with Gasteiger partial charge in [-0.1, -0.05) is 13.8 Å². The maximum Gasteiger partial charge on any atom is 0.329 e. The Morgan fingerprint density at radius 2 is 1.70 bits per heavy atom. The minimum Gasteiger partial charge on any atom is -0.484 e. The summed E-state index contributed by atoms with van der Waals surface area (Å²) in [5.41, 5.74) is 3.27. The van der Waals surface area contributed by atoms with Gasteiger partial charge in [-0.25, -0.2) is 9.82 Å². The Hall–Kier alpha value is -3.75. The lowest BCUT2D eigenvalue weighted by Gasteiger charge is -2.08.